The number of benzene rings is 2. The Morgan fingerprint density at radius 1 is 1.00 bits per heavy atom. The molecule has 20 heavy (non-hydrogen) atoms. The van der Waals surface area contributed by atoms with E-state index in [2.05, 4.69) is 42.7 Å². The molecule has 2 amide bonds. The van der Waals surface area contributed by atoms with E-state index < -0.39 is 0 Å². The van der Waals surface area contributed by atoms with E-state index in [1.54, 1.807) is 0 Å². The summed E-state index contributed by atoms with van der Waals surface area (Å²) < 4.78 is 0. The molecule has 0 radical (unpaired) electrons. The smallest absolute Gasteiger partial charge is 0.319 e. The van der Waals surface area contributed by atoms with Crippen LogP contribution in [0.4, 0.5) is 10.5 Å². The summed E-state index contributed by atoms with van der Waals surface area (Å²) in [5.74, 6) is 0. The predicted molar refractivity (Wildman–Crippen MR) is 82.9 cm³/mol. The molecule has 2 N–H and O–H groups in total. The van der Waals surface area contributed by atoms with E-state index in [0.717, 1.165) is 11.3 Å². The van der Waals surface area contributed by atoms with Crippen molar-refractivity contribution in [2.75, 3.05) is 5.32 Å². The van der Waals surface area contributed by atoms with Gasteiger partial charge in [-0.05, 0) is 49.6 Å². The van der Waals surface area contributed by atoms with E-state index in [4.69, 9.17) is 0 Å². The molecule has 0 aliphatic carbocycles. The summed E-state index contributed by atoms with van der Waals surface area (Å²) in [6, 6.07) is 15.4. The zero-order valence-corrected chi connectivity index (χ0v) is 12.1. The molecule has 0 saturated heterocycles. The molecular formula is C17H20N2O. The number of amides is 2. The quantitative estimate of drug-likeness (QED) is 0.861. The Labute approximate surface area is 120 Å². The van der Waals surface area contributed by atoms with Crippen LogP contribution in [0.1, 0.15) is 29.7 Å². The fourth-order valence-corrected chi connectivity index (χ4v) is 2.00. The normalized spacial score (nSPS) is 11.8. The number of rotatable bonds is 3. The number of nitrogens with one attached hydrogen (secondary N) is 2. The van der Waals surface area contributed by atoms with E-state index in [-0.39, 0.29) is 12.1 Å². The largest absolute Gasteiger partial charge is 0.331 e. The third-order valence-corrected chi connectivity index (χ3v) is 3.41. The summed E-state index contributed by atoms with van der Waals surface area (Å²) in [7, 11) is 0. The van der Waals surface area contributed by atoms with Gasteiger partial charge in [-0.2, -0.15) is 0 Å². The zero-order valence-electron chi connectivity index (χ0n) is 12.1. The fourth-order valence-electron chi connectivity index (χ4n) is 2.00. The summed E-state index contributed by atoms with van der Waals surface area (Å²) in [6.07, 6.45) is 0. The van der Waals surface area contributed by atoms with Gasteiger partial charge in [0.05, 0.1) is 6.04 Å². The summed E-state index contributed by atoms with van der Waals surface area (Å²) in [5, 5.41) is 5.76. The van der Waals surface area contributed by atoms with Crippen LogP contribution in [-0.4, -0.2) is 6.03 Å². The predicted octanol–water partition coefficient (Wildman–Crippen LogP) is 4.19. The highest BCUT2D eigenvalue weighted by molar-refractivity contribution is 5.89. The van der Waals surface area contributed by atoms with Gasteiger partial charge in [-0.1, -0.05) is 36.4 Å². The van der Waals surface area contributed by atoms with Crippen LogP contribution in [0.3, 0.4) is 0 Å². The van der Waals surface area contributed by atoms with Gasteiger partial charge < -0.3 is 10.6 Å². The minimum Gasteiger partial charge on any atom is -0.331 e. The number of para-hydroxylation sites is 1. The lowest BCUT2D eigenvalue weighted by molar-refractivity contribution is 0.249. The van der Waals surface area contributed by atoms with Gasteiger partial charge in [0, 0.05) is 5.69 Å². The molecule has 0 spiro atoms. The molecule has 0 aliphatic heterocycles. The Bertz CT molecular complexity index is 593. The molecule has 104 valence electrons. The summed E-state index contributed by atoms with van der Waals surface area (Å²) in [6.45, 7) is 6.14. The minimum atomic E-state index is -0.193. The van der Waals surface area contributed by atoms with Crippen molar-refractivity contribution in [2.45, 2.75) is 26.8 Å². The van der Waals surface area contributed by atoms with E-state index in [1.807, 2.05) is 37.3 Å². The van der Waals surface area contributed by atoms with Crippen molar-refractivity contribution in [3.05, 3.63) is 65.2 Å². The maximum Gasteiger partial charge on any atom is 0.319 e. The first kappa shape index (κ1) is 14.1. The Morgan fingerprint density at radius 3 is 2.35 bits per heavy atom. The van der Waals surface area contributed by atoms with Crippen LogP contribution in [0.15, 0.2) is 48.5 Å². The summed E-state index contributed by atoms with van der Waals surface area (Å²) in [4.78, 5) is 11.9. The standard InChI is InChI=1S/C17H20N2O/c1-12-9-10-15(11-13(12)2)14(3)18-17(20)19-16-7-5-4-6-8-16/h4-11,14H,1-3H3,(H2,18,19,20)/t14-/m1/s1. The van der Waals surface area contributed by atoms with Crippen LogP contribution in [0, 0.1) is 13.8 Å². The van der Waals surface area contributed by atoms with Gasteiger partial charge in [0.2, 0.25) is 0 Å². The Hall–Kier alpha value is -2.29. The fraction of sp³-hybridized carbons (Fsp3) is 0.235. The molecule has 3 heteroatoms. The van der Waals surface area contributed by atoms with Gasteiger partial charge >= 0.3 is 6.03 Å². The monoisotopic (exact) mass is 268 g/mol. The van der Waals surface area contributed by atoms with Crippen molar-refractivity contribution in [3.63, 3.8) is 0 Å². The highest BCUT2D eigenvalue weighted by atomic mass is 16.2. The van der Waals surface area contributed by atoms with E-state index in [0.29, 0.717) is 0 Å². The first-order valence-electron chi connectivity index (χ1n) is 6.76. The molecule has 2 aromatic rings. The molecule has 0 aliphatic rings. The SMILES string of the molecule is Cc1ccc([C@@H](C)NC(=O)Nc2ccccc2)cc1C. The van der Waals surface area contributed by atoms with Gasteiger partial charge in [-0.15, -0.1) is 0 Å². The first-order chi connectivity index (χ1) is 9.56. The molecule has 0 bridgehead atoms. The topological polar surface area (TPSA) is 41.1 Å². The number of urea groups is 1. The zero-order chi connectivity index (χ0) is 14.5. The summed E-state index contributed by atoms with van der Waals surface area (Å²) >= 11 is 0. The van der Waals surface area contributed by atoms with Crippen molar-refractivity contribution in [3.8, 4) is 0 Å². The van der Waals surface area contributed by atoms with Crippen molar-refractivity contribution in [2.24, 2.45) is 0 Å². The van der Waals surface area contributed by atoms with Crippen LogP contribution in [0.2, 0.25) is 0 Å². The molecule has 0 aromatic heterocycles. The van der Waals surface area contributed by atoms with Crippen LogP contribution < -0.4 is 10.6 Å². The first-order valence-corrected chi connectivity index (χ1v) is 6.76. The third-order valence-electron chi connectivity index (χ3n) is 3.41. The van der Waals surface area contributed by atoms with Crippen LogP contribution in [0.25, 0.3) is 0 Å². The number of hydrogen-bond donors (Lipinski definition) is 2. The van der Waals surface area contributed by atoms with Gasteiger partial charge in [0.15, 0.2) is 0 Å². The van der Waals surface area contributed by atoms with Crippen molar-refractivity contribution in [1.29, 1.82) is 0 Å². The molecule has 3 nitrogen and oxygen atoms in total. The second-order valence-corrected chi connectivity index (χ2v) is 5.03. The molecule has 1 atom stereocenters. The van der Waals surface area contributed by atoms with Gasteiger partial charge in [-0.25, -0.2) is 4.79 Å². The van der Waals surface area contributed by atoms with Crippen LogP contribution in [0.5, 0.6) is 0 Å². The lowest BCUT2D eigenvalue weighted by atomic mass is 10.0. The van der Waals surface area contributed by atoms with Gasteiger partial charge in [0.1, 0.15) is 0 Å². The van der Waals surface area contributed by atoms with Crippen molar-refractivity contribution < 1.29 is 4.79 Å². The number of anilines is 1. The van der Waals surface area contributed by atoms with Crippen molar-refractivity contribution >= 4 is 11.7 Å². The molecule has 0 saturated carbocycles. The maximum absolute atomic E-state index is 11.9. The molecule has 0 fully saturated rings. The van der Waals surface area contributed by atoms with Gasteiger partial charge in [-0.3, -0.25) is 0 Å². The van der Waals surface area contributed by atoms with E-state index >= 15 is 0 Å². The minimum absolute atomic E-state index is 0.0296. The Morgan fingerprint density at radius 2 is 1.70 bits per heavy atom. The number of aryl methyl sites for hydroxylation is 2. The third kappa shape index (κ3) is 3.60. The molecule has 0 unspecified atom stereocenters. The average molecular weight is 268 g/mol. The van der Waals surface area contributed by atoms with Gasteiger partial charge in [0.25, 0.3) is 0 Å². The lowest BCUT2D eigenvalue weighted by Crippen LogP contribution is -2.31. The van der Waals surface area contributed by atoms with E-state index in [9.17, 15) is 4.79 Å². The Kier molecular flexibility index (Phi) is 4.41. The maximum atomic E-state index is 11.9. The number of carbonyl (C=O) groups is 1. The number of hydrogen-bond acceptors (Lipinski definition) is 1. The molecule has 2 aromatic carbocycles. The van der Waals surface area contributed by atoms with E-state index in [1.165, 1.54) is 11.1 Å². The highest BCUT2D eigenvalue weighted by Gasteiger charge is 2.10. The second-order valence-electron chi connectivity index (χ2n) is 5.03. The number of carbonyl (C=O) groups excluding carboxylic acids is 1. The Balaban J connectivity index is 1.98. The van der Waals surface area contributed by atoms with Crippen molar-refractivity contribution in [1.82, 2.24) is 5.32 Å². The van der Waals surface area contributed by atoms with Crippen LogP contribution in [-0.2, 0) is 0 Å². The second kappa shape index (κ2) is 6.24. The molecule has 2 rings (SSSR count). The summed E-state index contributed by atoms with van der Waals surface area (Å²) in [5.41, 5.74) is 4.39. The highest BCUT2D eigenvalue weighted by Crippen LogP contribution is 2.17. The molecule has 0 heterocycles. The average Bonchev–Trinajstić information content (AvgIpc) is 2.42. The molecular weight excluding hydrogens is 248 g/mol. The van der Waals surface area contributed by atoms with Crippen LogP contribution >= 0.6 is 0 Å². The lowest BCUT2D eigenvalue weighted by Gasteiger charge is -2.16.